The Morgan fingerprint density at radius 3 is 2.44 bits per heavy atom. The van der Waals surface area contributed by atoms with Crippen LogP contribution in [0.1, 0.15) is 42.6 Å². The van der Waals surface area contributed by atoms with Gasteiger partial charge in [0.2, 0.25) is 0 Å². The third-order valence-corrected chi connectivity index (χ3v) is 7.52. The number of alkyl halides is 3. The van der Waals surface area contributed by atoms with Crippen LogP contribution in [0.2, 0.25) is 0 Å². The van der Waals surface area contributed by atoms with E-state index in [4.69, 9.17) is 0 Å². The van der Waals surface area contributed by atoms with Crippen LogP contribution in [0.4, 0.5) is 22.0 Å². The predicted octanol–water partition coefficient (Wildman–Crippen LogP) is 6.19. The van der Waals surface area contributed by atoms with Crippen molar-refractivity contribution in [1.29, 1.82) is 0 Å². The zero-order chi connectivity index (χ0) is 24.8. The summed E-state index contributed by atoms with van der Waals surface area (Å²) in [4.78, 5) is 2.42. The Balaban J connectivity index is 0.00000304. The Kier molecular flexibility index (Phi) is 7.44. The fraction of sp³-hybridized carbons (Fsp3) is 0.462. The molecule has 0 amide bonds. The van der Waals surface area contributed by atoms with Crippen LogP contribution in [0.15, 0.2) is 42.5 Å². The molecule has 2 heterocycles. The predicted molar refractivity (Wildman–Crippen MR) is 129 cm³/mol. The van der Waals surface area contributed by atoms with Crippen LogP contribution in [0.3, 0.4) is 0 Å². The van der Waals surface area contributed by atoms with Crippen LogP contribution in [-0.4, -0.2) is 39.3 Å². The molecule has 0 bridgehead atoms. The molecule has 10 heteroatoms. The van der Waals surface area contributed by atoms with Gasteiger partial charge in [0, 0.05) is 38.0 Å². The van der Waals surface area contributed by atoms with Crippen molar-refractivity contribution in [2.45, 2.75) is 43.7 Å². The van der Waals surface area contributed by atoms with E-state index < -0.39 is 23.4 Å². The maximum absolute atomic E-state index is 14.1. The number of unbranched alkanes of at least 4 members (excludes halogenated alkanes) is 2. The number of halogens is 6. The molecular weight excluding hydrogens is 499 g/mol. The van der Waals surface area contributed by atoms with E-state index in [0.29, 0.717) is 18.2 Å². The van der Waals surface area contributed by atoms with E-state index in [1.165, 1.54) is 24.3 Å². The van der Waals surface area contributed by atoms with Crippen molar-refractivity contribution in [2.24, 2.45) is 13.0 Å². The number of nitrogens with zero attached hydrogens (tertiary/aromatic N) is 4. The summed E-state index contributed by atoms with van der Waals surface area (Å²) in [7, 11) is 1.78. The summed E-state index contributed by atoms with van der Waals surface area (Å²) >= 11 is 0. The second kappa shape index (κ2) is 10.1. The van der Waals surface area contributed by atoms with E-state index in [2.05, 4.69) is 15.1 Å². The molecule has 194 valence electrons. The molecule has 0 spiro atoms. The molecule has 2 aromatic carbocycles. The third kappa shape index (κ3) is 5.13. The topological polar surface area (TPSA) is 34.0 Å². The zero-order valence-corrected chi connectivity index (χ0v) is 20.7. The van der Waals surface area contributed by atoms with E-state index >= 15 is 0 Å². The van der Waals surface area contributed by atoms with Crippen LogP contribution in [-0.2, 0) is 25.1 Å². The second-order valence-electron chi connectivity index (χ2n) is 9.80. The quantitative estimate of drug-likeness (QED) is 0.259. The molecule has 1 aliphatic heterocycles. The highest BCUT2D eigenvalue weighted by Gasteiger charge is 2.60. The van der Waals surface area contributed by atoms with Gasteiger partial charge in [0.25, 0.3) is 0 Å². The zero-order valence-electron chi connectivity index (χ0n) is 19.9. The van der Waals surface area contributed by atoms with Gasteiger partial charge in [-0.2, -0.15) is 13.2 Å². The Labute approximate surface area is 212 Å². The first-order valence-corrected chi connectivity index (χ1v) is 11.9. The Morgan fingerprint density at radius 1 is 1.00 bits per heavy atom. The molecule has 4 nitrogen and oxygen atoms in total. The SMILES string of the molecule is Cl.Cn1c(CCCCCN2C[C@@H]3C[C@]3(c3ccc(C(F)(F)F)cc3)C2)nnc1-c1ccc(F)cc1F. The van der Waals surface area contributed by atoms with Gasteiger partial charge in [-0.25, -0.2) is 8.78 Å². The summed E-state index contributed by atoms with van der Waals surface area (Å²) in [6.45, 7) is 2.86. The van der Waals surface area contributed by atoms with Gasteiger partial charge < -0.3 is 9.47 Å². The number of benzene rings is 2. The van der Waals surface area contributed by atoms with Gasteiger partial charge in [0.15, 0.2) is 5.82 Å². The number of rotatable bonds is 8. The van der Waals surface area contributed by atoms with Crippen molar-refractivity contribution in [3.63, 3.8) is 0 Å². The van der Waals surface area contributed by atoms with Gasteiger partial charge in [-0.1, -0.05) is 18.6 Å². The third-order valence-electron chi connectivity index (χ3n) is 7.52. The van der Waals surface area contributed by atoms with Crippen LogP contribution >= 0.6 is 12.4 Å². The summed E-state index contributed by atoms with van der Waals surface area (Å²) in [5.41, 5.74) is 0.674. The first kappa shape index (κ1) is 26.5. The fourth-order valence-electron chi connectivity index (χ4n) is 5.48. The maximum Gasteiger partial charge on any atom is 0.416 e. The minimum absolute atomic E-state index is 0. The van der Waals surface area contributed by atoms with E-state index in [1.54, 1.807) is 23.7 Å². The fourth-order valence-corrected chi connectivity index (χ4v) is 5.48. The van der Waals surface area contributed by atoms with Crippen molar-refractivity contribution in [3.05, 3.63) is 71.1 Å². The Hall–Kier alpha value is -2.52. The van der Waals surface area contributed by atoms with Crippen molar-refractivity contribution >= 4 is 12.4 Å². The van der Waals surface area contributed by atoms with Crippen LogP contribution in [0.25, 0.3) is 11.4 Å². The Bertz CT molecular complexity index is 1210. The molecule has 0 radical (unpaired) electrons. The molecule has 2 atom stereocenters. The number of likely N-dealkylation sites (tertiary alicyclic amines) is 1. The van der Waals surface area contributed by atoms with E-state index in [1.807, 2.05) is 0 Å². The van der Waals surface area contributed by atoms with Crippen LogP contribution in [0, 0.1) is 17.6 Å². The summed E-state index contributed by atoms with van der Waals surface area (Å²) in [6, 6.07) is 9.12. The smallest absolute Gasteiger partial charge is 0.314 e. The lowest BCUT2D eigenvalue weighted by Crippen LogP contribution is -2.27. The van der Waals surface area contributed by atoms with E-state index in [0.717, 1.165) is 62.8 Å². The number of aromatic nitrogens is 3. The molecule has 5 rings (SSSR count). The van der Waals surface area contributed by atoms with Crippen molar-refractivity contribution < 1.29 is 22.0 Å². The molecule has 1 saturated carbocycles. The highest BCUT2D eigenvalue weighted by Crippen LogP contribution is 2.59. The molecule has 36 heavy (non-hydrogen) atoms. The number of hydrogen-bond donors (Lipinski definition) is 0. The highest BCUT2D eigenvalue weighted by molar-refractivity contribution is 5.85. The average Bonchev–Trinajstić information content (AvgIpc) is 3.19. The van der Waals surface area contributed by atoms with Gasteiger partial charge >= 0.3 is 6.18 Å². The van der Waals surface area contributed by atoms with Gasteiger partial charge in [0.1, 0.15) is 17.5 Å². The normalized spacial score (nSPS) is 21.3. The molecule has 1 aromatic heterocycles. The molecule has 1 saturated heterocycles. The number of aryl methyl sites for hydroxylation is 1. The van der Waals surface area contributed by atoms with Gasteiger partial charge in [0.05, 0.1) is 11.1 Å². The van der Waals surface area contributed by atoms with Crippen molar-refractivity contribution in [1.82, 2.24) is 19.7 Å². The number of piperidine rings is 1. The monoisotopic (exact) mass is 526 g/mol. The standard InChI is InChI=1S/C26H27F5N4.ClH/c1-34-23(32-33-24(34)21-11-10-20(27)13-22(21)28)5-3-2-4-12-35-15-19-14-25(19,16-35)17-6-8-18(9-7-17)26(29,30)31;/h6-11,13,19H,2-5,12,14-16H2,1H3;1H/t19-,25+;/m0./s1. The number of hydrogen-bond acceptors (Lipinski definition) is 3. The summed E-state index contributed by atoms with van der Waals surface area (Å²) in [5, 5.41) is 8.27. The first-order chi connectivity index (χ1) is 16.7. The maximum atomic E-state index is 14.1. The summed E-state index contributed by atoms with van der Waals surface area (Å²) in [6.07, 6.45) is 0.404. The highest BCUT2D eigenvalue weighted by atomic mass is 35.5. The average molecular weight is 527 g/mol. The van der Waals surface area contributed by atoms with Crippen LogP contribution in [0.5, 0.6) is 0 Å². The molecular formula is C26H28ClF5N4. The van der Waals surface area contributed by atoms with Crippen LogP contribution < -0.4 is 0 Å². The van der Waals surface area contributed by atoms with Crippen molar-refractivity contribution in [3.8, 4) is 11.4 Å². The first-order valence-electron chi connectivity index (χ1n) is 11.9. The van der Waals surface area contributed by atoms with Gasteiger partial charge in [-0.15, -0.1) is 22.6 Å². The minimum atomic E-state index is -4.30. The Morgan fingerprint density at radius 2 is 1.75 bits per heavy atom. The minimum Gasteiger partial charge on any atom is -0.314 e. The molecule has 0 N–H and O–H groups in total. The van der Waals surface area contributed by atoms with E-state index in [9.17, 15) is 22.0 Å². The molecule has 1 aliphatic carbocycles. The molecule has 2 aliphatic rings. The largest absolute Gasteiger partial charge is 0.416 e. The second-order valence-corrected chi connectivity index (χ2v) is 9.80. The molecule has 3 aromatic rings. The lowest BCUT2D eigenvalue weighted by atomic mass is 9.94. The lowest BCUT2D eigenvalue weighted by molar-refractivity contribution is -0.137. The lowest BCUT2D eigenvalue weighted by Gasteiger charge is -2.21. The van der Waals surface area contributed by atoms with E-state index in [-0.39, 0.29) is 23.4 Å². The summed E-state index contributed by atoms with van der Waals surface area (Å²) in [5.74, 6) is 0.372. The molecule has 0 unspecified atom stereocenters. The van der Waals surface area contributed by atoms with Crippen molar-refractivity contribution in [2.75, 3.05) is 19.6 Å². The molecule has 2 fully saturated rings. The van der Waals surface area contributed by atoms with Gasteiger partial charge in [-0.05, 0) is 61.6 Å². The number of fused-ring (bicyclic) bond motifs is 1. The summed E-state index contributed by atoms with van der Waals surface area (Å²) < 4.78 is 67.6. The van der Waals surface area contributed by atoms with Gasteiger partial charge in [-0.3, -0.25) is 0 Å².